The highest BCUT2D eigenvalue weighted by Gasteiger charge is 2.44. The molecule has 4 rings (SSSR count). The van der Waals surface area contributed by atoms with Gasteiger partial charge in [-0.05, 0) is 67.3 Å². The van der Waals surface area contributed by atoms with Gasteiger partial charge in [0.2, 0.25) is 5.91 Å². The lowest BCUT2D eigenvalue weighted by atomic mass is 10.00. The maximum Gasteiger partial charge on any atom is 0.279 e. The van der Waals surface area contributed by atoms with Crippen LogP contribution >= 0.6 is 11.3 Å². The van der Waals surface area contributed by atoms with Crippen LogP contribution in [0.3, 0.4) is 0 Å². The van der Waals surface area contributed by atoms with Crippen molar-refractivity contribution in [2.75, 3.05) is 0 Å². The van der Waals surface area contributed by atoms with Crippen LogP contribution in [0.25, 0.3) is 0 Å². The number of carbonyl (C=O) groups is 2. The first kappa shape index (κ1) is 18.2. The smallest absolute Gasteiger partial charge is 0.273 e. The third kappa shape index (κ3) is 4.21. The highest BCUT2D eigenvalue weighted by molar-refractivity contribution is 7.14. The van der Waals surface area contributed by atoms with Gasteiger partial charge < -0.3 is 0 Å². The van der Waals surface area contributed by atoms with Crippen molar-refractivity contribution in [1.29, 1.82) is 0 Å². The van der Waals surface area contributed by atoms with Gasteiger partial charge >= 0.3 is 0 Å². The third-order valence-electron chi connectivity index (χ3n) is 5.44. The van der Waals surface area contributed by atoms with Crippen LogP contribution in [0.15, 0.2) is 30.3 Å². The molecule has 1 fully saturated rings. The second kappa shape index (κ2) is 7.80. The lowest BCUT2D eigenvalue weighted by Crippen LogP contribution is -2.42. The number of hydrazine groups is 1. The lowest BCUT2D eigenvalue weighted by molar-refractivity contribution is -0.123. The van der Waals surface area contributed by atoms with Crippen LogP contribution in [-0.4, -0.2) is 11.8 Å². The summed E-state index contributed by atoms with van der Waals surface area (Å²) in [6, 6.07) is 8.23. The van der Waals surface area contributed by atoms with Gasteiger partial charge in [0.25, 0.3) is 5.91 Å². The summed E-state index contributed by atoms with van der Waals surface area (Å²) in [7, 11) is 0. The largest absolute Gasteiger partial charge is 0.279 e. The number of aryl methyl sites for hydroxylation is 2. The number of hydrogen-bond donors (Lipinski definition) is 2. The molecule has 2 N–H and O–H groups in total. The number of benzene rings is 1. The molecule has 142 valence electrons. The standard InChI is InChI=1S/C21H23FN2O2S/c22-15-9-7-13(8-10-15)16-12-17(16)20(25)23-24-21(26)19-11-14-5-3-1-2-4-6-18(14)27-19/h7-11,16-17H,1-6,12H2,(H,23,25)(H,24,26). The maximum absolute atomic E-state index is 13.0. The van der Waals surface area contributed by atoms with Crippen LogP contribution in [-0.2, 0) is 17.6 Å². The van der Waals surface area contributed by atoms with Crippen molar-refractivity contribution in [3.63, 3.8) is 0 Å². The fourth-order valence-electron chi connectivity index (χ4n) is 3.79. The molecule has 2 aliphatic carbocycles. The minimum Gasteiger partial charge on any atom is -0.273 e. The Labute approximate surface area is 162 Å². The minimum absolute atomic E-state index is 0.101. The first-order valence-electron chi connectivity index (χ1n) is 9.59. The van der Waals surface area contributed by atoms with Gasteiger partial charge in [0.05, 0.1) is 4.88 Å². The maximum atomic E-state index is 13.0. The fourth-order valence-corrected chi connectivity index (χ4v) is 4.94. The molecule has 0 bridgehead atoms. The predicted molar refractivity (Wildman–Crippen MR) is 103 cm³/mol. The third-order valence-corrected chi connectivity index (χ3v) is 6.68. The molecule has 2 aromatic rings. The Morgan fingerprint density at radius 3 is 2.52 bits per heavy atom. The zero-order valence-electron chi connectivity index (χ0n) is 15.1. The van der Waals surface area contributed by atoms with E-state index < -0.39 is 0 Å². The first-order valence-corrected chi connectivity index (χ1v) is 10.4. The van der Waals surface area contributed by atoms with Gasteiger partial charge in [0, 0.05) is 10.8 Å². The van der Waals surface area contributed by atoms with Crippen molar-refractivity contribution >= 4 is 23.2 Å². The molecule has 2 aliphatic rings. The average Bonchev–Trinajstić information content (AvgIpc) is 3.36. The number of amides is 2. The van der Waals surface area contributed by atoms with E-state index in [2.05, 4.69) is 10.9 Å². The van der Waals surface area contributed by atoms with Crippen molar-refractivity contribution in [1.82, 2.24) is 10.9 Å². The zero-order valence-corrected chi connectivity index (χ0v) is 15.9. The molecule has 0 aliphatic heterocycles. The summed E-state index contributed by atoms with van der Waals surface area (Å²) in [6.45, 7) is 0. The zero-order chi connectivity index (χ0) is 18.8. The van der Waals surface area contributed by atoms with E-state index in [0.717, 1.165) is 24.8 Å². The summed E-state index contributed by atoms with van der Waals surface area (Å²) in [5.74, 6) is -0.784. The van der Waals surface area contributed by atoms with Gasteiger partial charge in [0.15, 0.2) is 0 Å². The molecule has 0 saturated heterocycles. The van der Waals surface area contributed by atoms with Gasteiger partial charge in [-0.15, -0.1) is 11.3 Å². The van der Waals surface area contributed by atoms with Crippen molar-refractivity contribution in [2.24, 2.45) is 5.92 Å². The number of fused-ring (bicyclic) bond motifs is 1. The SMILES string of the molecule is O=C(NNC(=O)C1CC1c1ccc(F)cc1)c1cc2c(s1)CCCCCC2. The molecule has 2 amide bonds. The van der Waals surface area contributed by atoms with Gasteiger partial charge in [-0.3, -0.25) is 20.4 Å². The van der Waals surface area contributed by atoms with Crippen LogP contribution in [0.5, 0.6) is 0 Å². The minimum atomic E-state index is -0.280. The predicted octanol–water partition coefficient (Wildman–Crippen LogP) is 4.11. The Bertz CT molecular complexity index is 821. The van der Waals surface area contributed by atoms with Crippen LogP contribution in [0.4, 0.5) is 4.39 Å². The Kier molecular flexibility index (Phi) is 5.25. The number of rotatable bonds is 3. The van der Waals surface area contributed by atoms with E-state index in [1.165, 1.54) is 48.3 Å². The number of halogens is 1. The monoisotopic (exact) mass is 386 g/mol. The quantitative estimate of drug-likeness (QED) is 0.780. The molecule has 1 aromatic carbocycles. The lowest BCUT2D eigenvalue weighted by Gasteiger charge is -2.07. The van der Waals surface area contributed by atoms with E-state index in [-0.39, 0.29) is 29.5 Å². The fraction of sp³-hybridized carbons (Fsp3) is 0.429. The summed E-state index contributed by atoms with van der Waals surface area (Å²) in [6.07, 6.45) is 7.66. The molecular weight excluding hydrogens is 363 g/mol. The molecule has 2 atom stereocenters. The Morgan fingerprint density at radius 2 is 1.74 bits per heavy atom. The molecule has 1 saturated carbocycles. The molecule has 0 spiro atoms. The number of hydrogen-bond acceptors (Lipinski definition) is 3. The Balaban J connectivity index is 1.31. The van der Waals surface area contributed by atoms with Gasteiger partial charge in [0.1, 0.15) is 5.82 Å². The van der Waals surface area contributed by atoms with Crippen molar-refractivity contribution < 1.29 is 14.0 Å². The highest BCUT2D eigenvalue weighted by Crippen LogP contribution is 2.47. The second-order valence-electron chi connectivity index (χ2n) is 7.42. The van der Waals surface area contributed by atoms with Gasteiger partial charge in [-0.25, -0.2) is 4.39 Å². The Hall–Kier alpha value is -2.21. The molecule has 2 unspecified atom stereocenters. The molecule has 0 radical (unpaired) electrons. The summed E-state index contributed by atoms with van der Waals surface area (Å²) < 4.78 is 13.0. The molecular formula is C21H23FN2O2S. The Morgan fingerprint density at radius 1 is 1.00 bits per heavy atom. The highest BCUT2D eigenvalue weighted by atomic mass is 32.1. The number of nitrogens with one attached hydrogen (secondary N) is 2. The summed E-state index contributed by atoms with van der Waals surface area (Å²) in [5, 5.41) is 0. The van der Waals surface area contributed by atoms with Crippen molar-refractivity contribution in [3.05, 3.63) is 57.0 Å². The molecule has 6 heteroatoms. The van der Waals surface area contributed by atoms with E-state index in [1.807, 2.05) is 6.07 Å². The normalized spacial score (nSPS) is 21.5. The molecule has 1 aromatic heterocycles. The van der Waals surface area contributed by atoms with Gasteiger partial charge in [-0.2, -0.15) is 0 Å². The number of thiophene rings is 1. The van der Waals surface area contributed by atoms with Crippen LogP contribution in [0.1, 0.15) is 63.7 Å². The van der Waals surface area contributed by atoms with E-state index in [9.17, 15) is 14.0 Å². The molecule has 1 heterocycles. The van der Waals surface area contributed by atoms with E-state index in [1.54, 1.807) is 23.5 Å². The summed E-state index contributed by atoms with van der Waals surface area (Å²) >= 11 is 1.54. The van der Waals surface area contributed by atoms with E-state index in [0.29, 0.717) is 4.88 Å². The first-order chi connectivity index (χ1) is 13.1. The van der Waals surface area contributed by atoms with E-state index in [4.69, 9.17) is 0 Å². The van der Waals surface area contributed by atoms with Crippen LogP contribution in [0.2, 0.25) is 0 Å². The summed E-state index contributed by atoms with van der Waals surface area (Å²) in [4.78, 5) is 26.7. The van der Waals surface area contributed by atoms with E-state index >= 15 is 0 Å². The second-order valence-corrected chi connectivity index (χ2v) is 8.55. The van der Waals surface area contributed by atoms with Gasteiger partial charge in [-0.1, -0.05) is 25.0 Å². The van der Waals surface area contributed by atoms with Crippen LogP contribution < -0.4 is 10.9 Å². The van der Waals surface area contributed by atoms with Crippen molar-refractivity contribution in [3.8, 4) is 0 Å². The average molecular weight is 386 g/mol. The topological polar surface area (TPSA) is 58.2 Å². The molecule has 27 heavy (non-hydrogen) atoms. The van der Waals surface area contributed by atoms with Crippen LogP contribution in [0, 0.1) is 11.7 Å². The summed E-state index contributed by atoms with van der Waals surface area (Å²) in [5.41, 5.74) is 7.35. The van der Waals surface area contributed by atoms with Crippen molar-refractivity contribution in [2.45, 2.75) is 50.9 Å². The number of carbonyl (C=O) groups excluding carboxylic acids is 2. The molecule has 4 nitrogen and oxygen atoms in total.